The number of amides is 1. The summed E-state index contributed by atoms with van der Waals surface area (Å²) < 4.78 is 5.27. The van der Waals surface area contributed by atoms with Gasteiger partial charge in [-0.15, -0.1) is 0 Å². The Balaban J connectivity index is 2.13. The van der Waals surface area contributed by atoms with Crippen molar-refractivity contribution >= 4 is 6.09 Å². The number of alkyl carbamates (subject to hydrolysis) is 1. The fourth-order valence-corrected chi connectivity index (χ4v) is 2.75. The van der Waals surface area contributed by atoms with Crippen LogP contribution in [0.2, 0.25) is 0 Å². The van der Waals surface area contributed by atoms with Gasteiger partial charge in [0.25, 0.3) is 0 Å². The number of aliphatic hydroxyl groups excluding tert-OH is 1. The molecule has 5 heteroatoms. The lowest BCUT2D eigenvalue weighted by Crippen LogP contribution is -2.42. The zero-order valence-electron chi connectivity index (χ0n) is 15.3. The summed E-state index contributed by atoms with van der Waals surface area (Å²) in [5.74, 6) is 0. The van der Waals surface area contributed by atoms with E-state index in [2.05, 4.69) is 5.32 Å². The van der Waals surface area contributed by atoms with Gasteiger partial charge in [0, 0.05) is 11.1 Å². The smallest absolute Gasteiger partial charge is 0.407 e. The number of carbonyl (C=O) groups excluding carboxylic acids is 1. The Labute approximate surface area is 148 Å². The number of ether oxygens (including phenoxy) is 1. The molecule has 2 N–H and O–H groups in total. The van der Waals surface area contributed by atoms with Gasteiger partial charge in [0.2, 0.25) is 0 Å². The highest BCUT2D eigenvalue weighted by atomic mass is 16.6. The van der Waals surface area contributed by atoms with Crippen LogP contribution in [0.5, 0.6) is 0 Å². The molecule has 2 atom stereocenters. The average Bonchev–Trinajstić information content (AvgIpc) is 3.21. The van der Waals surface area contributed by atoms with E-state index in [0.717, 1.165) is 18.4 Å². The molecule has 0 heterocycles. The number of nitrogens with one attached hydrogen (secondary N) is 1. The quantitative estimate of drug-likeness (QED) is 0.802. The van der Waals surface area contributed by atoms with Crippen molar-refractivity contribution in [1.82, 2.24) is 5.32 Å². The standard InChI is InChI=1S/C20H27NO4/c1-5-6-12-14(21-19(24)25-20(2,3)4)17(22)16-15(18(16)23)13-10-8-7-9-11-13/h7-11,14,17,22H,5-6,12H2,1-4H3,(H,21,24)/t14-,17?/m0/s1. The third-order valence-electron chi connectivity index (χ3n) is 3.99. The van der Waals surface area contributed by atoms with Crippen LogP contribution in [0, 0.1) is 0 Å². The van der Waals surface area contributed by atoms with Gasteiger partial charge in [0.1, 0.15) is 11.7 Å². The number of unbranched alkanes of at least 4 members (excludes halogenated alkanes) is 1. The highest BCUT2D eigenvalue weighted by Gasteiger charge is 2.35. The molecular weight excluding hydrogens is 318 g/mol. The monoisotopic (exact) mass is 345 g/mol. The molecule has 5 nitrogen and oxygen atoms in total. The molecule has 2 rings (SSSR count). The molecule has 0 aliphatic heterocycles. The second kappa shape index (κ2) is 7.83. The summed E-state index contributed by atoms with van der Waals surface area (Å²) in [7, 11) is 0. The van der Waals surface area contributed by atoms with Gasteiger partial charge in [-0.2, -0.15) is 0 Å². The van der Waals surface area contributed by atoms with Crippen LogP contribution in [0.1, 0.15) is 58.6 Å². The minimum Gasteiger partial charge on any atom is -0.444 e. The molecule has 0 spiro atoms. The van der Waals surface area contributed by atoms with Gasteiger partial charge >= 0.3 is 6.09 Å². The molecule has 2 aromatic carbocycles. The van der Waals surface area contributed by atoms with E-state index in [4.69, 9.17) is 4.74 Å². The van der Waals surface area contributed by atoms with Crippen molar-refractivity contribution in [1.29, 1.82) is 0 Å². The van der Waals surface area contributed by atoms with Crippen LogP contribution in [0.25, 0.3) is 11.1 Å². The second-order valence-corrected chi connectivity index (χ2v) is 7.32. The Bertz CT molecular complexity index is 708. The molecule has 136 valence electrons. The zero-order chi connectivity index (χ0) is 18.6. The van der Waals surface area contributed by atoms with Crippen LogP contribution < -0.4 is 10.7 Å². The largest absolute Gasteiger partial charge is 0.444 e. The normalized spacial score (nSPS) is 14.3. The summed E-state index contributed by atoms with van der Waals surface area (Å²) in [5.41, 5.74) is 0.997. The van der Waals surface area contributed by atoms with E-state index in [1.165, 1.54) is 0 Å². The lowest BCUT2D eigenvalue weighted by molar-refractivity contribution is 0.0414. The first-order valence-corrected chi connectivity index (χ1v) is 8.76. The topological polar surface area (TPSA) is 75.6 Å². The molecule has 0 fully saturated rings. The molecule has 0 saturated heterocycles. The van der Waals surface area contributed by atoms with E-state index in [9.17, 15) is 14.7 Å². The van der Waals surface area contributed by atoms with Gasteiger partial charge in [-0.25, -0.2) is 4.79 Å². The summed E-state index contributed by atoms with van der Waals surface area (Å²) >= 11 is 0. The van der Waals surface area contributed by atoms with Gasteiger partial charge in [0.15, 0.2) is 5.43 Å². The van der Waals surface area contributed by atoms with Crippen LogP contribution in [-0.4, -0.2) is 22.8 Å². The first-order valence-electron chi connectivity index (χ1n) is 8.76. The first-order chi connectivity index (χ1) is 11.7. The van der Waals surface area contributed by atoms with Crippen LogP contribution in [0.3, 0.4) is 0 Å². The molecule has 1 unspecified atom stereocenters. The predicted molar refractivity (Wildman–Crippen MR) is 98.2 cm³/mol. The molecule has 0 aliphatic rings. The Kier molecular flexibility index (Phi) is 6.01. The lowest BCUT2D eigenvalue weighted by atomic mass is 10.0. The predicted octanol–water partition coefficient (Wildman–Crippen LogP) is 3.71. The van der Waals surface area contributed by atoms with Crippen molar-refractivity contribution < 1.29 is 14.6 Å². The maximum absolute atomic E-state index is 12.2. The number of carbonyl (C=O) groups is 1. The minimum absolute atomic E-state index is 0.133. The minimum atomic E-state index is -1.03. The maximum atomic E-state index is 12.2. The summed E-state index contributed by atoms with van der Waals surface area (Å²) in [5, 5.41) is 13.4. The van der Waals surface area contributed by atoms with Crippen LogP contribution in [0.15, 0.2) is 35.1 Å². The summed E-state index contributed by atoms with van der Waals surface area (Å²) in [6, 6.07) is 8.72. The van der Waals surface area contributed by atoms with Crippen LogP contribution in [0.4, 0.5) is 4.79 Å². The number of aliphatic hydroxyl groups is 1. The van der Waals surface area contributed by atoms with Crippen molar-refractivity contribution in [3.05, 3.63) is 46.1 Å². The van der Waals surface area contributed by atoms with Gasteiger partial charge in [-0.1, -0.05) is 50.1 Å². The van der Waals surface area contributed by atoms with Crippen LogP contribution >= 0.6 is 0 Å². The Morgan fingerprint density at radius 2 is 1.88 bits per heavy atom. The van der Waals surface area contributed by atoms with E-state index in [0.29, 0.717) is 17.5 Å². The second-order valence-electron chi connectivity index (χ2n) is 7.32. The van der Waals surface area contributed by atoms with Gasteiger partial charge < -0.3 is 15.2 Å². The number of hydrogen-bond acceptors (Lipinski definition) is 4. The molecule has 0 aliphatic carbocycles. The Hall–Kier alpha value is -2.14. The van der Waals surface area contributed by atoms with Crippen molar-refractivity contribution in [3.8, 4) is 11.1 Å². The third-order valence-corrected chi connectivity index (χ3v) is 3.99. The molecule has 1 amide bonds. The van der Waals surface area contributed by atoms with Crippen molar-refractivity contribution in [2.24, 2.45) is 0 Å². The molecule has 0 saturated carbocycles. The van der Waals surface area contributed by atoms with Gasteiger partial charge in [-0.3, -0.25) is 4.79 Å². The molecule has 25 heavy (non-hydrogen) atoms. The lowest BCUT2D eigenvalue weighted by Gasteiger charge is -2.25. The van der Waals surface area contributed by atoms with Gasteiger partial charge in [-0.05, 0) is 32.8 Å². The Morgan fingerprint density at radius 1 is 1.24 bits per heavy atom. The maximum Gasteiger partial charge on any atom is 0.407 e. The van der Waals surface area contributed by atoms with Crippen molar-refractivity contribution in [2.75, 3.05) is 0 Å². The fraction of sp³-hybridized carbons (Fsp3) is 0.500. The molecule has 0 aromatic heterocycles. The van der Waals surface area contributed by atoms with E-state index in [-0.39, 0.29) is 5.43 Å². The summed E-state index contributed by atoms with van der Waals surface area (Å²) in [6.07, 6.45) is 0.733. The molecule has 0 bridgehead atoms. The number of rotatable bonds is 7. The van der Waals surface area contributed by atoms with Gasteiger partial charge in [0.05, 0.1) is 6.04 Å². The number of hydrogen-bond donors (Lipinski definition) is 2. The Morgan fingerprint density at radius 3 is 2.44 bits per heavy atom. The van der Waals surface area contributed by atoms with Crippen molar-refractivity contribution in [2.45, 2.75) is 64.7 Å². The van der Waals surface area contributed by atoms with E-state index < -0.39 is 23.8 Å². The highest BCUT2D eigenvalue weighted by Crippen LogP contribution is 2.33. The van der Waals surface area contributed by atoms with E-state index >= 15 is 0 Å². The molecule has 2 aromatic rings. The van der Waals surface area contributed by atoms with E-state index in [1.807, 2.05) is 37.3 Å². The third kappa shape index (κ3) is 5.16. The van der Waals surface area contributed by atoms with E-state index in [1.54, 1.807) is 20.8 Å². The zero-order valence-corrected chi connectivity index (χ0v) is 15.3. The van der Waals surface area contributed by atoms with Crippen molar-refractivity contribution in [3.63, 3.8) is 0 Å². The summed E-state index contributed by atoms with van der Waals surface area (Å²) in [4.78, 5) is 24.2. The SMILES string of the molecule is CCCC[C@H](NC(=O)OC(C)(C)C)C(O)c1c(-c2ccccc2)c1=O. The number of benzene rings is 1. The first kappa shape index (κ1) is 19.2. The summed E-state index contributed by atoms with van der Waals surface area (Å²) in [6.45, 7) is 7.38. The highest BCUT2D eigenvalue weighted by molar-refractivity contribution is 5.77. The molecule has 0 radical (unpaired) electrons. The average molecular weight is 345 g/mol. The molecular formula is C20H27NO4. The van der Waals surface area contributed by atoms with Crippen LogP contribution in [-0.2, 0) is 4.74 Å². The fourth-order valence-electron chi connectivity index (χ4n) is 2.75.